The number of non-ortho nitro benzene ring substituents is 1. The molecule has 2 aromatic carbocycles. The number of anilines is 1. The lowest BCUT2D eigenvalue weighted by molar-refractivity contribution is -0.385. The summed E-state index contributed by atoms with van der Waals surface area (Å²) in [6, 6.07) is 6.37. The summed E-state index contributed by atoms with van der Waals surface area (Å²) in [5.41, 5.74) is 1.07. The van der Waals surface area contributed by atoms with Crippen LogP contribution in [0.1, 0.15) is 30.9 Å². The third-order valence-corrected chi connectivity index (χ3v) is 6.05. The summed E-state index contributed by atoms with van der Waals surface area (Å²) in [5.74, 6) is 0.0313. The first-order valence-corrected chi connectivity index (χ1v) is 9.61. The highest BCUT2D eigenvalue weighted by molar-refractivity contribution is 9.10. The Bertz CT molecular complexity index is 942. The second-order valence-corrected chi connectivity index (χ2v) is 8.29. The van der Waals surface area contributed by atoms with Gasteiger partial charge in [0, 0.05) is 12.1 Å². The van der Waals surface area contributed by atoms with Crippen molar-refractivity contribution in [2.45, 2.75) is 31.6 Å². The molecule has 0 atom stereocenters. The lowest BCUT2D eigenvalue weighted by atomic mass is 9.99. The van der Waals surface area contributed by atoms with E-state index in [4.69, 9.17) is 0 Å². The van der Waals surface area contributed by atoms with Crippen LogP contribution < -0.4 is 4.72 Å². The van der Waals surface area contributed by atoms with Crippen LogP contribution >= 0.6 is 15.9 Å². The quantitative estimate of drug-likeness (QED) is 0.419. The number of nitrogens with one attached hydrogen (secondary N) is 1. The topological polar surface area (TPSA) is 110 Å². The molecule has 0 saturated heterocycles. The standard InChI is InChI=1S/C16H17BrN2O5S/c1-9(2)13-8-14(10(3)15(17)16(13)20)18-25(23,24)12-6-4-5-11(7-12)19(21)22/h4-9,18,20H,1-3H3. The Balaban J connectivity index is 2.51. The number of hydrogen-bond acceptors (Lipinski definition) is 5. The highest BCUT2D eigenvalue weighted by atomic mass is 79.9. The summed E-state index contributed by atoms with van der Waals surface area (Å²) in [4.78, 5) is 9.98. The zero-order chi connectivity index (χ0) is 18.9. The summed E-state index contributed by atoms with van der Waals surface area (Å²) in [6.45, 7) is 5.39. The third kappa shape index (κ3) is 3.93. The van der Waals surface area contributed by atoms with E-state index in [0.717, 1.165) is 6.07 Å². The highest BCUT2D eigenvalue weighted by Gasteiger charge is 2.21. The largest absolute Gasteiger partial charge is 0.506 e. The smallest absolute Gasteiger partial charge is 0.270 e. The second kappa shape index (κ2) is 7.01. The van der Waals surface area contributed by atoms with Crippen molar-refractivity contribution in [2.75, 3.05) is 4.72 Å². The fraction of sp³-hybridized carbons (Fsp3) is 0.250. The number of aromatic hydroxyl groups is 1. The lowest BCUT2D eigenvalue weighted by Gasteiger charge is -2.17. The first-order chi connectivity index (χ1) is 11.5. The zero-order valence-electron chi connectivity index (χ0n) is 13.8. The van der Waals surface area contributed by atoms with E-state index in [1.54, 1.807) is 13.0 Å². The molecular weight excluding hydrogens is 412 g/mol. The normalized spacial score (nSPS) is 11.6. The zero-order valence-corrected chi connectivity index (χ0v) is 16.2. The molecule has 0 fully saturated rings. The molecule has 134 valence electrons. The van der Waals surface area contributed by atoms with Crippen molar-refractivity contribution in [1.82, 2.24) is 0 Å². The summed E-state index contributed by atoms with van der Waals surface area (Å²) in [6.07, 6.45) is 0. The average molecular weight is 429 g/mol. The van der Waals surface area contributed by atoms with E-state index in [1.807, 2.05) is 13.8 Å². The van der Waals surface area contributed by atoms with Crippen LogP contribution in [0, 0.1) is 17.0 Å². The molecule has 7 nitrogen and oxygen atoms in total. The number of phenols is 1. The van der Waals surface area contributed by atoms with Gasteiger partial charge in [-0.3, -0.25) is 14.8 Å². The van der Waals surface area contributed by atoms with Crippen LogP contribution in [0.5, 0.6) is 5.75 Å². The summed E-state index contributed by atoms with van der Waals surface area (Å²) in [7, 11) is -4.02. The van der Waals surface area contributed by atoms with E-state index < -0.39 is 14.9 Å². The molecule has 25 heavy (non-hydrogen) atoms. The molecule has 0 aliphatic heterocycles. The van der Waals surface area contributed by atoms with Gasteiger partial charge in [0.1, 0.15) is 5.75 Å². The fourth-order valence-corrected chi connectivity index (χ4v) is 3.86. The fourth-order valence-electron chi connectivity index (χ4n) is 2.27. The second-order valence-electron chi connectivity index (χ2n) is 5.82. The highest BCUT2D eigenvalue weighted by Crippen LogP contribution is 2.40. The molecule has 2 N–H and O–H groups in total. The summed E-state index contributed by atoms with van der Waals surface area (Å²) in [5, 5.41) is 21.0. The summed E-state index contributed by atoms with van der Waals surface area (Å²) < 4.78 is 28.0. The molecule has 0 heterocycles. The molecule has 0 unspecified atom stereocenters. The van der Waals surface area contributed by atoms with Crippen molar-refractivity contribution in [1.29, 1.82) is 0 Å². The molecule has 0 aliphatic rings. The SMILES string of the molecule is Cc1c(NS(=O)(=O)c2cccc([N+](=O)[O-])c2)cc(C(C)C)c(O)c1Br. The molecule has 0 saturated carbocycles. The van der Waals surface area contributed by atoms with Crippen LogP contribution in [0.4, 0.5) is 11.4 Å². The molecule has 0 aromatic heterocycles. The maximum atomic E-state index is 12.6. The van der Waals surface area contributed by atoms with E-state index in [9.17, 15) is 23.6 Å². The minimum Gasteiger partial charge on any atom is -0.506 e. The van der Waals surface area contributed by atoms with E-state index >= 15 is 0 Å². The molecular formula is C16H17BrN2O5S. The minimum absolute atomic E-state index is 0.0297. The van der Waals surface area contributed by atoms with E-state index in [-0.39, 0.29) is 22.3 Å². The number of nitrogens with zero attached hydrogens (tertiary/aromatic N) is 1. The maximum absolute atomic E-state index is 12.6. The van der Waals surface area contributed by atoms with Crippen molar-refractivity contribution in [2.24, 2.45) is 0 Å². The first kappa shape index (κ1) is 19.2. The lowest BCUT2D eigenvalue weighted by Crippen LogP contribution is -2.14. The Morgan fingerprint density at radius 2 is 1.92 bits per heavy atom. The molecule has 0 amide bonds. The van der Waals surface area contributed by atoms with Crippen LogP contribution in [-0.2, 0) is 10.0 Å². The summed E-state index contributed by atoms with van der Waals surface area (Å²) >= 11 is 3.27. The predicted molar refractivity (Wildman–Crippen MR) is 98.5 cm³/mol. The number of halogens is 1. The Hall–Kier alpha value is -2.13. The van der Waals surface area contributed by atoms with Crippen LogP contribution in [0.3, 0.4) is 0 Å². The maximum Gasteiger partial charge on any atom is 0.270 e. The van der Waals surface area contributed by atoms with Crippen molar-refractivity contribution >= 4 is 37.3 Å². The number of phenolic OH excluding ortho intramolecular Hbond substituents is 1. The van der Waals surface area contributed by atoms with Gasteiger partial charge in [0.25, 0.3) is 15.7 Å². The Labute approximate surface area is 154 Å². The van der Waals surface area contributed by atoms with Crippen molar-refractivity contribution in [3.63, 3.8) is 0 Å². The number of benzene rings is 2. The third-order valence-electron chi connectivity index (χ3n) is 3.72. The van der Waals surface area contributed by atoms with Gasteiger partial charge in [-0.15, -0.1) is 0 Å². The van der Waals surface area contributed by atoms with E-state index in [1.165, 1.54) is 18.2 Å². The van der Waals surface area contributed by atoms with Crippen LogP contribution in [-0.4, -0.2) is 18.4 Å². The van der Waals surface area contributed by atoms with E-state index in [0.29, 0.717) is 21.3 Å². The van der Waals surface area contributed by atoms with Gasteiger partial charge in [0.05, 0.1) is 20.0 Å². The minimum atomic E-state index is -4.02. The molecule has 2 aromatic rings. The van der Waals surface area contributed by atoms with Crippen LogP contribution in [0.25, 0.3) is 0 Å². The van der Waals surface area contributed by atoms with Crippen LogP contribution in [0.15, 0.2) is 39.7 Å². The molecule has 2 rings (SSSR count). The Kier molecular flexibility index (Phi) is 5.38. The number of hydrogen-bond donors (Lipinski definition) is 2. The Morgan fingerprint density at radius 3 is 2.48 bits per heavy atom. The predicted octanol–water partition coefficient (Wildman–Crippen LogP) is 4.30. The number of nitro groups is 1. The van der Waals surface area contributed by atoms with Gasteiger partial charge in [-0.2, -0.15) is 0 Å². The van der Waals surface area contributed by atoms with E-state index in [2.05, 4.69) is 20.7 Å². The van der Waals surface area contributed by atoms with Gasteiger partial charge < -0.3 is 5.11 Å². The monoisotopic (exact) mass is 428 g/mol. The number of rotatable bonds is 5. The van der Waals surface area contributed by atoms with Crippen LogP contribution in [0.2, 0.25) is 0 Å². The first-order valence-electron chi connectivity index (χ1n) is 7.34. The molecule has 0 aliphatic carbocycles. The van der Waals surface area contributed by atoms with Gasteiger partial charge in [-0.1, -0.05) is 19.9 Å². The van der Waals surface area contributed by atoms with Crippen molar-refractivity contribution in [3.05, 3.63) is 56.0 Å². The average Bonchev–Trinajstić information content (AvgIpc) is 2.55. The van der Waals surface area contributed by atoms with Gasteiger partial charge in [0.2, 0.25) is 0 Å². The number of sulfonamides is 1. The Morgan fingerprint density at radius 1 is 1.28 bits per heavy atom. The molecule has 0 bridgehead atoms. The number of nitro benzene ring substituents is 1. The van der Waals surface area contributed by atoms with Crippen molar-refractivity contribution < 1.29 is 18.4 Å². The van der Waals surface area contributed by atoms with Gasteiger partial charge in [-0.25, -0.2) is 8.42 Å². The molecule has 0 spiro atoms. The van der Waals surface area contributed by atoms with Gasteiger partial charge in [0.15, 0.2) is 0 Å². The van der Waals surface area contributed by atoms with Gasteiger partial charge in [-0.05, 0) is 52.0 Å². The van der Waals surface area contributed by atoms with Crippen molar-refractivity contribution in [3.8, 4) is 5.75 Å². The molecule has 0 radical (unpaired) electrons. The molecule has 9 heteroatoms. The van der Waals surface area contributed by atoms with Gasteiger partial charge >= 0.3 is 0 Å².